The molecule has 0 fully saturated rings. The Morgan fingerprint density at radius 1 is 1.24 bits per heavy atom. The lowest BCUT2D eigenvalue weighted by molar-refractivity contribution is -0.138. The normalized spacial score (nSPS) is 14.8. The standard InChI is InChI=1S/C16H23NO4/c1-3-19-16(20-4-2)9-11-17-13-7-5-6-8-14(13)21-12-10-15(17)18/h5-8,16H,3-4,9-12H2,1-2H3. The first-order valence-electron chi connectivity index (χ1n) is 7.51. The van der Waals surface area contributed by atoms with E-state index < -0.39 is 0 Å². The molecule has 0 bridgehead atoms. The first kappa shape index (κ1) is 15.8. The van der Waals surface area contributed by atoms with E-state index in [1.807, 2.05) is 38.1 Å². The van der Waals surface area contributed by atoms with Crippen molar-refractivity contribution < 1.29 is 19.0 Å². The number of hydrogen-bond donors (Lipinski definition) is 0. The summed E-state index contributed by atoms with van der Waals surface area (Å²) in [7, 11) is 0. The molecule has 1 aliphatic heterocycles. The van der Waals surface area contributed by atoms with Crippen LogP contribution in [0, 0.1) is 0 Å². The Bertz CT molecular complexity index is 457. The summed E-state index contributed by atoms with van der Waals surface area (Å²) in [6, 6.07) is 7.63. The van der Waals surface area contributed by atoms with Crippen molar-refractivity contribution in [2.75, 3.05) is 31.3 Å². The first-order chi connectivity index (χ1) is 10.3. The summed E-state index contributed by atoms with van der Waals surface area (Å²) in [4.78, 5) is 14.0. The monoisotopic (exact) mass is 293 g/mol. The third kappa shape index (κ3) is 4.19. The number of anilines is 1. The number of benzene rings is 1. The minimum Gasteiger partial charge on any atom is -0.491 e. The van der Waals surface area contributed by atoms with Crippen molar-refractivity contribution >= 4 is 11.6 Å². The number of carbonyl (C=O) groups is 1. The van der Waals surface area contributed by atoms with Crippen molar-refractivity contribution in [3.8, 4) is 5.75 Å². The summed E-state index contributed by atoms with van der Waals surface area (Å²) < 4.78 is 16.7. The summed E-state index contributed by atoms with van der Waals surface area (Å²) in [6.07, 6.45) is 0.758. The highest BCUT2D eigenvalue weighted by atomic mass is 16.7. The maximum Gasteiger partial charge on any atom is 0.230 e. The van der Waals surface area contributed by atoms with E-state index in [4.69, 9.17) is 14.2 Å². The Hall–Kier alpha value is -1.59. The zero-order chi connectivity index (χ0) is 15.1. The van der Waals surface area contributed by atoms with Gasteiger partial charge in [-0.15, -0.1) is 0 Å². The lowest BCUT2D eigenvalue weighted by Gasteiger charge is -2.24. The highest BCUT2D eigenvalue weighted by molar-refractivity contribution is 5.95. The summed E-state index contributed by atoms with van der Waals surface area (Å²) in [5.41, 5.74) is 0.826. The number of rotatable bonds is 7. The molecule has 0 N–H and O–H groups in total. The van der Waals surface area contributed by atoms with Gasteiger partial charge in [0.05, 0.1) is 18.7 Å². The fourth-order valence-electron chi connectivity index (χ4n) is 2.39. The zero-order valence-corrected chi connectivity index (χ0v) is 12.7. The third-order valence-corrected chi connectivity index (χ3v) is 3.32. The Balaban J connectivity index is 2.08. The summed E-state index contributed by atoms with van der Waals surface area (Å²) in [5, 5.41) is 0. The van der Waals surface area contributed by atoms with Gasteiger partial charge in [-0.2, -0.15) is 0 Å². The summed E-state index contributed by atoms with van der Waals surface area (Å²) in [5.74, 6) is 0.833. The Morgan fingerprint density at radius 2 is 1.95 bits per heavy atom. The lowest BCUT2D eigenvalue weighted by atomic mass is 10.2. The zero-order valence-electron chi connectivity index (χ0n) is 12.7. The molecule has 21 heavy (non-hydrogen) atoms. The van der Waals surface area contributed by atoms with Crippen LogP contribution in [0.3, 0.4) is 0 Å². The number of para-hydroxylation sites is 2. The Kier molecular flexibility index (Phi) is 6.02. The minimum atomic E-state index is -0.274. The average molecular weight is 293 g/mol. The molecule has 1 amide bonds. The van der Waals surface area contributed by atoms with Gasteiger partial charge in [-0.3, -0.25) is 4.79 Å². The van der Waals surface area contributed by atoms with Crippen molar-refractivity contribution in [1.82, 2.24) is 0 Å². The molecule has 1 aliphatic rings. The second-order valence-electron chi connectivity index (χ2n) is 4.74. The third-order valence-electron chi connectivity index (χ3n) is 3.32. The first-order valence-corrected chi connectivity index (χ1v) is 7.51. The number of nitrogens with zero attached hydrogens (tertiary/aromatic N) is 1. The second kappa shape index (κ2) is 8.00. The molecule has 116 valence electrons. The van der Waals surface area contributed by atoms with Gasteiger partial charge in [0.1, 0.15) is 5.75 Å². The topological polar surface area (TPSA) is 48.0 Å². The predicted molar refractivity (Wildman–Crippen MR) is 80.6 cm³/mol. The van der Waals surface area contributed by atoms with Crippen LogP contribution in [0.1, 0.15) is 26.7 Å². The van der Waals surface area contributed by atoms with Gasteiger partial charge in [-0.25, -0.2) is 0 Å². The van der Waals surface area contributed by atoms with E-state index in [9.17, 15) is 4.79 Å². The van der Waals surface area contributed by atoms with E-state index in [0.717, 1.165) is 11.4 Å². The van der Waals surface area contributed by atoms with Crippen LogP contribution < -0.4 is 9.64 Å². The van der Waals surface area contributed by atoms with Crippen LogP contribution in [-0.2, 0) is 14.3 Å². The molecule has 2 rings (SSSR count). The van der Waals surface area contributed by atoms with Gasteiger partial charge in [0.25, 0.3) is 0 Å². The highest BCUT2D eigenvalue weighted by Gasteiger charge is 2.23. The van der Waals surface area contributed by atoms with Crippen LogP contribution in [0.4, 0.5) is 5.69 Å². The van der Waals surface area contributed by atoms with Crippen LogP contribution in [0.15, 0.2) is 24.3 Å². The molecule has 0 atom stereocenters. The van der Waals surface area contributed by atoms with Crippen molar-refractivity contribution in [1.29, 1.82) is 0 Å². The molecule has 5 heteroatoms. The van der Waals surface area contributed by atoms with Gasteiger partial charge in [-0.05, 0) is 26.0 Å². The van der Waals surface area contributed by atoms with E-state index in [1.54, 1.807) is 4.90 Å². The summed E-state index contributed by atoms with van der Waals surface area (Å²) in [6.45, 7) is 6.05. The van der Waals surface area contributed by atoms with Crippen molar-refractivity contribution in [3.05, 3.63) is 24.3 Å². The Labute approximate surface area is 125 Å². The molecule has 1 aromatic carbocycles. The predicted octanol–water partition coefficient (Wildman–Crippen LogP) is 2.59. The number of amides is 1. The van der Waals surface area contributed by atoms with Crippen LogP contribution in [0.2, 0.25) is 0 Å². The highest BCUT2D eigenvalue weighted by Crippen LogP contribution is 2.31. The summed E-state index contributed by atoms with van der Waals surface area (Å²) >= 11 is 0. The Morgan fingerprint density at radius 3 is 2.67 bits per heavy atom. The number of carbonyl (C=O) groups excluding carboxylic acids is 1. The van der Waals surface area contributed by atoms with E-state index in [0.29, 0.717) is 39.2 Å². The van der Waals surface area contributed by atoms with Gasteiger partial charge >= 0.3 is 0 Å². The molecule has 0 aliphatic carbocycles. The van der Waals surface area contributed by atoms with Crippen LogP contribution >= 0.6 is 0 Å². The van der Waals surface area contributed by atoms with Crippen LogP contribution in [0.25, 0.3) is 0 Å². The van der Waals surface area contributed by atoms with Crippen LogP contribution in [0.5, 0.6) is 5.75 Å². The maximum atomic E-state index is 12.3. The van der Waals surface area contributed by atoms with Gasteiger partial charge in [0.15, 0.2) is 6.29 Å². The minimum absolute atomic E-state index is 0.0756. The molecule has 1 aromatic rings. The number of hydrogen-bond acceptors (Lipinski definition) is 4. The smallest absolute Gasteiger partial charge is 0.230 e. The molecular formula is C16H23NO4. The molecule has 0 saturated carbocycles. The van der Waals surface area contributed by atoms with Gasteiger partial charge < -0.3 is 19.1 Å². The molecule has 0 spiro atoms. The fraction of sp³-hybridized carbons (Fsp3) is 0.562. The molecule has 0 unspecified atom stereocenters. The van der Waals surface area contributed by atoms with Gasteiger partial charge in [0, 0.05) is 26.2 Å². The molecule has 0 radical (unpaired) electrons. The van der Waals surface area contributed by atoms with Gasteiger partial charge in [0.2, 0.25) is 5.91 Å². The maximum absolute atomic E-state index is 12.3. The van der Waals surface area contributed by atoms with E-state index >= 15 is 0 Å². The van der Waals surface area contributed by atoms with Crippen molar-refractivity contribution in [3.63, 3.8) is 0 Å². The molecule has 1 heterocycles. The number of fused-ring (bicyclic) bond motifs is 1. The van der Waals surface area contributed by atoms with E-state index in [2.05, 4.69) is 0 Å². The number of ether oxygens (including phenoxy) is 3. The fourth-order valence-corrected chi connectivity index (χ4v) is 2.39. The van der Waals surface area contributed by atoms with E-state index in [-0.39, 0.29) is 12.2 Å². The lowest BCUT2D eigenvalue weighted by Crippen LogP contribution is -2.34. The SMILES string of the molecule is CCOC(CCN1C(=O)CCOc2ccccc21)OCC. The molecular weight excluding hydrogens is 270 g/mol. The second-order valence-corrected chi connectivity index (χ2v) is 4.74. The molecule has 0 saturated heterocycles. The quantitative estimate of drug-likeness (QED) is 0.725. The largest absolute Gasteiger partial charge is 0.491 e. The molecule has 5 nitrogen and oxygen atoms in total. The molecule has 0 aromatic heterocycles. The van der Waals surface area contributed by atoms with Gasteiger partial charge in [-0.1, -0.05) is 12.1 Å². The average Bonchev–Trinajstić information content (AvgIpc) is 2.64. The van der Waals surface area contributed by atoms with E-state index in [1.165, 1.54) is 0 Å². The van der Waals surface area contributed by atoms with Crippen LogP contribution in [-0.4, -0.2) is 38.6 Å². The van der Waals surface area contributed by atoms with Crippen molar-refractivity contribution in [2.45, 2.75) is 33.0 Å². The van der Waals surface area contributed by atoms with Crippen molar-refractivity contribution in [2.24, 2.45) is 0 Å².